The molecule has 2 aromatic heterocycles. The number of fused-ring (bicyclic) bond motifs is 1. The number of hydrogen-bond donors (Lipinski definition) is 1. The van der Waals surface area contributed by atoms with Crippen molar-refractivity contribution < 1.29 is 4.79 Å². The molecule has 6 heteroatoms. The van der Waals surface area contributed by atoms with Crippen LogP contribution in [0.5, 0.6) is 0 Å². The Labute approximate surface area is 163 Å². The lowest BCUT2D eigenvalue weighted by Crippen LogP contribution is -2.40. The summed E-state index contributed by atoms with van der Waals surface area (Å²) >= 11 is 0. The molecule has 1 aliphatic rings. The van der Waals surface area contributed by atoms with Crippen molar-refractivity contribution in [1.82, 2.24) is 20.1 Å². The van der Waals surface area contributed by atoms with Crippen LogP contribution in [0, 0.1) is 0 Å². The fourth-order valence-electron chi connectivity index (χ4n) is 3.90. The number of rotatable bonds is 5. The first-order valence-electron chi connectivity index (χ1n) is 9.88. The molecule has 0 saturated heterocycles. The molecule has 0 spiro atoms. The number of benzene rings is 1. The molecule has 1 aromatic carbocycles. The molecule has 0 atom stereocenters. The predicted molar refractivity (Wildman–Crippen MR) is 108 cm³/mol. The largest absolute Gasteiger partial charge is 0.352 e. The van der Waals surface area contributed by atoms with Gasteiger partial charge in [0.05, 0.1) is 11.1 Å². The predicted octanol–water partition coefficient (Wildman–Crippen LogP) is 2.83. The number of hydrogen-bond acceptors (Lipinski definition) is 4. The fourth-order valence-corrected chi connectivity index (χ4v) is 3.90. The minimum Gasteiger partial charge on any atom is -0.352 e. The van der Waals surface area contributed by atoms with Gasteiger partial charge < -0.3 is 5.32 Å². The number of amides is 1. The van der Waals surface area contributed by atoms with E-state index in [1.165, 1.54) is 11.1 Å². The molecular formula is C22H24N4O2. The number of carbonyl (C=O) groups excluding carboxylic acids is 1. The zero-order chi connectivity index (χ0) is 19.3. The summed E-state index contributed by atoms with van der Waals surface area (Å²) in [6, 6.07) is 11.5. The molecule has 1 amide bonds. The second-order valence-corrected chi connectivity index (χ2v) is 7.40. The van der Waals surface area contributed by atoms with Crippen LogP contribution in [0.2, 0.25) is 0 Å². The van der Waals surface area contributed by atoms with Gasteiger partial charge in [0.25, 0.3) is 5.56 Å². The van der Waals surface area contributed by atoms with Crippen molar-refractivity contribution in [1.29, 1.82) is 0 Å². The fraction of sp³-hybridized carbons (Fsp3) is 0.364. The van der Waals surface area contributed by atoms with Crippen LogP contribution >= 0.6 is 0 Å². The highest BCUT2D eigenvalue weighted by Gasteiger charge is 2.18. The zero-order valence-electron chi connectivity index (χ0n) is 15.8. The summed E-state index contributed by atoms with van der Waals surface area (Å²) in [6.45, 7) is -0.0553. The third-order valence-electron chi connectivity index (χ3n) is 5.30. The molecule has 4 rings (SSSR count). The first kappa shape index (κ1) is 18.3. The van der Waals surface area contributed by atoms with Gasteiger partial charge in [-0.3, -0.25) is 14.6 Å². The van der Waals surface area contributed by atoms with Gasteiger partial charge in [-0.2, -0.15) is 5.10 Å². The Hall–Kier alpha value is -3.02. The topological polar surface area (TPSA) is 76.9 Å². The van der Waals surface area contributed by atoms with E-state index in [1.807, 2.05) is 30.3 Å². The van der Waals surface area contributed by atoms with E-state index in [9.17, 15) is 9.59 Å². The van der Waals surface area contributed by atoms with E-state index in [2.05, 4.69) is 15.4 Å². The maximum Gasteiger partial charge on any atom is 0.275 e. The molecule has 28 heavy (non-hydrogen) atoms. The van der Waals surface area contributed by atoms with E-state index >= 15 is 0 Å². The Morgan fingerprint density at radius 1 is 1.07 bits per heavy atom. The van der Waals surface area contributed by atoms with Gasteiger partial charge in [0.15, 0.2) is 0 Å². The maximum absolute atomic E-state index is 12.9. The third-order valence-corrected chi connectivity index (χ3v) is 5.30. The molecule has 1 aliphatic carbocycles. The highest BCUT2D eigenvalue weighted by atomic mass is 16.2. The van der Waals surface area contributed by atoms with Crippen LogP contribution in [0.1, 0.15) is 43.4 Å². The molecule has 0 radical (unpaired) electrons. The second-order valence-electron chi connectivity index (χ2n) is 7.40. The van der Waals surface area contributed by atoms with Crippen molar-refractivity contribution in [3.63, 3.8) is 0 Å². The van der Waals surface area contributed by atoms with Gasteiger partial charge in [0.1, 0.15) is 6.54 Å². The molecule has 0 bridgehead atoms. The van der Waals surface area contributed by atoms with Crippen LogP contribution in [0.25, 0.3) is 10.8 Å². The summed E-state index contributed by atoms with van der Waals surface area (Å²) in [5.41, 5.74) is 1.55. The number of carbonyl (C=O) groups is 1. The molecule has 3 aromatic rings. The number of pyridine rings is 1. The summed E-state index contributed by atoms with van der Waals surface area (Å²) in [6.07, 6.45) is 9.63. The quantitative estimate of drug-likeness (QED) is 0.743. The summed E-state index contributed by atoms with van der Waals surface area (Å²) in [7, 11) is 0. The van der Waals surface area contributed by atoms with Gasteiger partial charge in [-0.1, -0.05) is 43.5 Å². The standard InChI is InChI=1S/C22H24N4O2/c27-21(24-17-8-2-1-3-9-17)15-26-22(28)19-11-5-4-10-18(19)20(25-26)13-16-7-6-12-23-14-16/h4-7,10-12,14,17H,1-3,8-9,13,15H2,(H,24,27). The lowest BCUT2D eigenvalue weighted by atomic mass is 9.95. The van der Waals surface area contributed by atoms with Gasteiger partial charge in [-0.15, -0.1) is 0 Å². The van der Waals surface area contributed by atoms with Gasteiger partial charge in [-0.05, 0) is 30.5 Å². The van der Waals surface area contributed by atoms with Crippen molar-refractivity contribution in [2.75, 3.05) is 0 Å². The van der Waals surface area contributed by atoms with Crippen LogP contribution in [0.15, 0.2) is 53.6 Å². The van der Waals surface area contributed by atoms with E-state index < -0.39 is 0 Å². The Morgan fingerprint density at radius 2 is 1.86 bits per heavy atom. The van der Waals surface area contributed by atoms with Crippen molar-refractivity contribution in [3.8, 4) is 0 Å². The molecule has 6 nitrogen and oxygen atoms in total. The Kier molecular flexibility index (Phi) is 5.46. The Bertz CT molecular complexity index is 1020. The minimum atomic E-state index is -0.232. The average Bonchev–Trinajstić information content (AvgIpc) is 2.73. The SMILES string of the molecule is O=C(Cn1nc(Cc2cccnc2)c2ccccc2c1=O)NC1CCCCC1. The molecular weight excluding hydrogens is 352 g/mol. The molecule has 0 unspecified atom stereocenters. The van der Waals surface area contributed by atoms with E-state index in [0.717, 1.165) is 42.3 Å². The first-order valence-corrected chi connectivity index (χ1v) is 9.88. The van der Waals surface area contributed by atoms with Crippen LogP contribution in [0.3, 0.4) is 0 Å². The van der Waals surface area contributed by atoms with E-state index in [1.54, 1.807) is 18.5 Å². The molecule has 2 heterocycles. The minimum absolute atomic E-state index is 0.0553. The summed E-state index contributed by atoms with van der Waals surface area (Å²) in [4.78, 5) is 29.5. The van der Waals surface area contributed by atoms with Crippen molar-refractivity contribution in [3.05, 3.63) is 70.4 Å². The first-order chi connectivity index (χ1) is 13.7. The van der Waals surface area contributed by atoms with Gasteiger partial charge >= 0.3 is 0 Å². The molecule has 1 saturated carbocycles. The maximum atomic E-state index is 12.9. The highest BCUT2D eigenvalue weighted by molar-refractivity contribution is 5.84. The molecule has 1 fully saturated rings. The lowest BCUT2D eigenvalue weighted by Gasteiger charge is -2.22. The smallest absolute Gasteiger partial charge is 0.275 e. The molecule has 0 aliphatic heterocycles. The Morgan fingerprint density at radius 3 is 2.61 bits per heavy atom. The summed E-state index contributed by atoms with van der Waals surface area (Å²) in [5, 5.41) is 9.01. The van der Waals surface area contributed by atoms with Crippen LogP contribution < -0.4 is 10.9 Å². The van der Waals surface area contributed by atoms with E-state index in [4.69, 9.17) is 0 Å². The normalized spacial score (nSPS) is 14.9. The van der Waals surface area contributed by atoms with Crippen molar-refractivity contribution >= 4 is 16.7 Å². The van der Waals surface area contributed by atoms with Gasteiger partial charge in [0.2, 0.25) is 5.91 Å². The third kappa shape index (κ3) is 4.11. The monoisotopic (exact) mass is 376 g/mol. The van der Waals surface area contributed by atoms with Crippen LogP contribution in [-0.4, -0.2) is 26.7 Å². The van der Waals surface area contributed by atoms with Crippen LogP contribution in [0.4, 0.5) is 0 Å². The lowest BCUT2D eigenvalue weighted by molar-refractivity contribution is -0.122. The highest BCUT2D eigenvalue weighted by Crippen LogP contribution is 2.18. The van der Waals surface area contributed by atoms with Crippen molar-refractivity contribution in [2.24, 2.45) is 0 Å². The number of aromatic nitrogens is 3. The number of nitrogens with one attached hydrogen (secondary N) is 1. The summed E-state index contributed by atoms with van der Waals surface area (Å²) < 4.78 is 1.30. The Balaban J connectivity index is 1.63. The van der Waals surface area contributed by atoms with Crippen molar-refractivity contribution in [2.45, 2.75) is 51.1 Å². The van der Waals surface area contributed by atoms with E-state index in [0.29, 0.717) is 11.8 Å². The molecule has 1 N–H and O–H groups in total. The van der Waals surface area contributed by atoms with Gasteiger partial charge in [-0.25, -0.2) is 4.68 Å². The zero-order valence-corrected chi connectivity index (χ0v) is 15.8. The van der Waals surface area contributed by atoms with E-state index in [-0.39, 0.29) is 24.1 Å². The van der Waals surface area contributed by atoms with Gasteiger partial charge in [0, 0.05) is 30.2 Å². The van der Waals surface area contributed by atoms with Crippen LogP contribution in [-0.2, 0) is 17.8 Å². The number of nitrogens with zero attached hydrogens (tertiary/aromatic N) is 3. The summed E-state index contributed by atoms with van der Waals surface area (Å²) in [5.74, 6) is -0.149. The average molecular weight is 376 g/mol. The molecule has 144 valence electrons. The second kappa shape index (κ2) is 8.33.